The van der Waals surface area contributed by atoms with Crippen LogP contribution in [0.1, 0.15) is 54.5 Å². The fourth-order valence-electron chi connectivity index (χ4n) is 5.58. The van der Waals surface area contributed by atoms with Gasteiger partial charge in [0.1, 0.15) is 22.9 Å². The van der Waals surface area contributed by atoms with E-state index in [0.29, 0.717) is 35.9 Å². The van der Waals surface area contributed by atoms with Crippen LogP contribution in [-0.4, -0.2) is 40.4 Å². The first kappa shape index (κ1) is 26.1. The summed E-state index contributed by atoms with van der Waals surface area (Å²) < 4.78 is 55.0. The van der Waals surface area contributed by atoms with Gasteiger partial charge < -0.3 is 15.1 Å². The van der Waals surface area contributed by atoms with Crippen LogP contribution in [0.15, 0.2) is 48.5 Å². The van der Waals surface area contributed by atoms with Crippen LogP contribution in [0.25, 0.3) is 0 Å². The van der Waals surface area contributed by atoms with Gasteiger partial charge in [0.25, 0.3) is 0 Å². The van der Waals surface area contributed by atoms with Crippen LogP contribution in [0, 0.1) is 12.7 Å². The molecule has 200 valence electrons. The average Bonchev–Trinajstić information content (AvgIpc) is 3.32. The molecule has 6 nitrogen and oxygen atoms in total. The molecular weight excluding hydrogens is 498 g/mol. The Kier molecular flexibility index (Phi) is 6.63. The number of carbonyl (C=O) groups is 1. The Hall–Kier alpha value is -3.53. The maximum absolute atomic E-state index is 14.9. The second-order valence-corrected chi connectivity index (χ2v) is 9.95. The smallest absolute Gasteiger partial charge is 0.363 e. The monoisotopic (exact) mass is 527 g/mol. The molecule has 2 aromatic carbocycles. The minimum Gasteiger partial charge on any atom is -0.363 e. The number of rotatable bonds is 5. The molecule has 2 aliphatic rings. The summed E-state index contributed by atoms with van der Waals surface area (Å²) in [5.41, 5.74) is -0.247. The number of carbonyl (C=O) groups excluding carboxylic acids is 1. The van der Waals surface area contributed by atoms with Crippen molar-refractivity contribution in [2.45, 2.75) is 51.4 Å². The number of benzene rings is 2. The van der Waals surface area contributed by atoms with Crippen molar-refractivity contribution in [2.75, 3.05) is 29.9 Å². The largest absolute Gasteiger partial charge is 0.419 e. The number of nitrogens with one attached hydrogen (secondary N) is 1. The number of hydrogen-bond acceptors (Lipinski definition) is 5. The minimum atomic E-state index is -4.80. The summed E-state index contributed by atoms with van der Waals surface area (Å²) in [6, 6.07) is 11.8. The van der Waals surface area contributed by atoms with E-state index in [2.05, 4.69) is 15.2 Å². The molecule has 0 radical (unpaired) electrons. The molecule has 5 rings (SSSR count). The highest BCUT2D eigenvalue weighted by Gasteiger charge is 2.53. The molecule has 0 aliphatic carbocycles. The van der Waals surface area contributed by atoms with Crippen molar-refractivity contribution in [1.29, 1.82) is 0 Å². The fraction of sp³-hybridized carbons (Fsp3) is 0.393. The van der Waals surface area contributed by atoms with Crippen LogP contribution in [0.5, 0.6) is 0 Å². The Morgan fingerprint density at radius 1 is 1.11 bits per heavy atom. The number of hydrogen-bond donors (Lipinski definition) is 1. The van der Waals surface area contributed by atoms with Crippen LogP contribution in [-0.2, 0) is 22.9 Å². The van der Waals surface area contributed by atoms with Crippen molar-refractivity contribution in [3.8, 4) is 0 Å². The van der Waals surface area contributed by atoms with Gasteiger partial charge in [-0.3, -0.25) is 4.79 Å². The molecule has 0 bridgehead atoms. The van der Waals surface area contributed by atoms with Crippen LogP contribution in [0.3, 0.4) is 0 Å². The maximum atomic E-state index is 14.9. The number of fused-ring (bicyclic) bond motifs is 2. The second-order valence-electron chi connectivity index (χ2n) is 9.95. The number of nitrogens with zero attached hydrogens (tertiary/aromatic N) is 4. The van der Waals surface area contributed by atoms with E-state index < -0.39 is 29.0 Å². The zero-order valence-corrected chi connectivity index (χ0v) is 21.4. The molecule has 38 heavy (non-hydrogen) atoms. The predicted molar refractivity (Wildman–Crippen MR) is 136 cm³/mol. The molecule has 1 N–H and O–H groups in total. The topological polar surface area (TPSA) is 61.4 Å². The van der Waals surface area contributed by atoms with E-state index in [9.17, 15) is 22.4 Å². The first-order valence-electron chi connectivity index (χ1n) is 12.6. The van der Waals surface area contributed by atoms with Gasteiger partial charge in [-0.25, -0.2) is 14.4 Å². The molecule has 1 unspecified atom stereocenters. The summed E-state index contributed by atoms with van der Waals surface area (Å²) in [5.74, 6) is -0.530. The van der Waals surface area contributed by atoms with Crippen LogP contribution in [0.2, 0.25) is 0 Å². The van der Waals surface area contributed by atoms with E-state index in [0.717, 1.165) is 24.8 Å². The molecule has 10 heteroatoms. The molecule has 1 amide bonds. The van der Waals surface area contributed by atoms with Gasteiger partial charge in [0.05, 0.1) is 23.8 Å². The van der Waals surface area contributed by atoms with Crippen LogP contribution >= 0.6 is 0 Å². The highest BCUT2D eigenvalue weighted by molar-refractivity contribution is 6.03. The van der Waals surface area contributed by atoms with E-state index in [-0.39, 0.29) is 18.0 Å². The Morgan fingerprint density at radius 3 is 2.50 bits per heavy atom. The molecule has 1 aromatic heterocycles. The number of amides is 1. The molecule has 2 atom stereocenters. The molecule has 3 heterocycles. The van der Waals surface area contributed by atoms with Crippen molar-refractivity contribution < 1.29 is 22.4 Å². The Bertz CT molecular complexity index is 1360. The Balaban J connectivity index is 1.61. The molecule has 1 fully saturated rings. The lowest BCUT2D eigenvalue weighted by Crippen LogP contribution is -2.53. The number of halogens is 4. The third-order valence-electron chi connectivity index (χ3n) is 7.56. The Morgan fingerprint density at radius 2 is 1.84 bits per heavy atom. The summed E-state index contributed by atoms with van der Waals surface area (Å²) in [6.07, 6.45) is -4.22. The molecule has 3 aromatic rings. The van der Waals surface area contributed by atoms with Crippen molar-refractivity contribution >= 4 is 17.4 Å². The van der Waals surface area contributed by atoms with Gasteiger partial charge in [-0.15, -0.1) is 0 Å². The van der Waals surface area contributed by atoms with E-state index in [1.54, 1.807) is 18.7 Å². The maximum Gasteiger partial charge on any atom is 0.419 e. The van der Waals surface area contributed by atoms with Gasteiger partial charge in [0, 0.05) is 23.4 Å². The first-order chi connectivity index (χ1) is 18.0. The van der Waals surface area contributed by atoms with E-state index in [1.165, 1.54) is 12.1 Å². The van der Waals surface area contributed by atoms with Gasteiger partial charge in [0.2, 0.25) is 5.91 Å². The first-order valence-corrected chi connectivity index (χ1v) is 12.6. The highest BCUT2D eigenvalue weighted by Crippen LogP contribution is 2.44. The van der Waals surface area contributed by atoms with Gasteiger partial charge in [-0.1, -0.05) is 37.3 Å². The van der Waals surface area contributed by atoms with Crippen molar-refractivity contribution in [3.63, 3.8) is 0 Å². The van der Waals surface area contributed by atoms with E-state index in [1.807, 2.05) is 37.3 Å². The van der Waals surface area contributed by atoms with Crippen molar-refractivity contribution in [1.82, 2.24) is 14.9 Å². The zero-order valence-electron chi connectivity index (χ0n) is 21.4. The second kappa shape index (κ2) is 9.65. The molecular formula is C28H29F4N5O. The fourth-order valence-corrected chi connectivity index (χ4v) is 5.58. The van der Waals surface area contributed by atoms with Gasteiger partial charge in [-0.05, 0) is 51.6 Å². The summed E-state index contributed by atoms with van der Waals surface area (Å²) >= 11 is 0. The number of likely N-dealkylation sites (N-methyl/N-ethyl adjacent to an activating group) is 1. The summed E-state index contributed by atoms with van der Waals surface area (Å²) in [5, 5.41) is 3.16. The third-order valence-corrected chi connectivity index (χ3v) is 7.56. The molecule has 1 spiro atoms. The lowest BCUT2D eigenvalue weighted by atomic mass is 9.76. The van der Waals surface area contributed by atoms with E-state index in [4.69, 9.17) is 4.98 Å². The quantitative estimate of drug-likeness (QED) is 0.436. The number of alkyl halides is 3. The van der Waals surface area contributed by atoms with Crippen LogP contribution in [0.4, 0.5) is 29.1 Å². The average molecular weight is 528 g/mol. The lowest BCUT2D eigenvalue weighted by Gasteiger charge is -2.41. The van der Waals surface area contributed by atoms with Gasteiger partial charge >= 0.3 is 6.18 Å². The number of para-hydroxylation sites is 1. The number of likely N-dealkylation sites (tertiary alicyclic amines) is 1. The predicted octanol–water partition coefficient (Wildman–Crippen LogP) is 5.63. The molecule has 1 saturated heterocycles. The standard InChI is InChI=1S/C28H29F4N5O/c1-4-36-14-13-27(16-36)24-21(15-37(26(27)38)19-9-6-5-7-10-19)25(35-18(3)34-24)33-17(2)20-11-8-12-22(23(20)29)28(30,31)32/h5-12,17H,4,13-16H2,1-3H3,(H,33,34,35)/t17-,27?/m1/s1. The normalized spacial score (nSPS) is 20.6. The Labute approximate surface area is 218 Å². The summed E-state index contributed by atoms with van der Waals surface area (Å²) in [7, 11) is 0. The third kappa shape index (κ3) is 4.40. The van der Waals surface area contributed by atoms with Crippen LogP contribution < -0.4 is 10.2 Å². The number of aromatic nitrogens is 2. The lowest BCUT2D eigenvalue weighted by molar-refractivity contribution is -0.140. The summed E-state index contributed by atoms with van der Waals surface area (Å²) in [6.45, 7) is 7.58. The van der Waals surface area contributed by atoms with Crippen molar-refractivity contribution in [2.24, 2.45) is 0 Å². The number of anilines is 2. The SMILES string of the molecule is CCN1CCC2(C1)C(=O)N(c1ccccc1)Cc1c(N[C@H](C)c3cccc(C(F)(F)F)c3F)nc(C)nc12. The van der Waals surface area contributed by atoms with Gasteiger partial charge in [-0.2, -0.15) is 13.2 Å². The highest BCUT2D eigenvalue weighted by atomic mass is 19.4. The minimum absolute atomic E-state index is 0.0341. The van der Waals surface area contributed by atoms with E-state index >= 15 is 0 Å². The van der Waals surface area contributed by atoms with Crippen molar-refractivity contribution in [3.05, 3.63) is 82.6 Å². The molecule has 0 saturated carbocycles. The number of aryl methyl sites for hydroxylation is 1. The van der Waals surface area contributed by atoms with Gasteiger partial charge in [0.15, 0.2) is 0 Å². The molecule has 2 aliphatic heterocycles. The zero-order chi connectivity index (χ0) is 27.2. The summed E-state index contributed by atoms with van der Waals surface area (Å²) in [4.78, 5) is 27.3.